The van der Waals surface area contributed by atoms with Gasteiger partial charge in [0.1, 0.15) is 6.04 Å². The number of benzene rings is 2. The summed E-state index contributed by atoms with van der Waals surface area (Å²) in [6.07, 6.45) is 0.461. The van der Waals surface area contributed by atoms with Crippen molar-refractivity contribution >= 4 is 30.7 Å². The number of nitrogens with zero attached hydrogens (tertiary/aromatic N) is 1. The lowest BCUT2D eigenvalue weighted by atomic mass is 9.97. The molecule has 2 unspecified atom stereocenters. The van der Waals surface area contributed by atoms with Crippen LogP contribution in [0.4, 0.5) is 4.79 Å². The van der Waals surface area contributed by atoms with Gasteiger partial charge >= 0.3 is 6.09 Å². The maximum absolute atomic E-state index is 12.7. The first-order valence-electron chi connectivity index (χ1n) is 11.9. The maximum Gasteiger partial charge on any atom is 0.407 e. The third kappa shape index (κ3) is 5.68. The molecule has 184 valence electrons. The second-order valence-electron chi connectivity index (χ2n) is 9.93. The molecule has 3 rings (SSSR count). The molecule has 2 atom stereocenters. The van der Waals surface area contributed by atoms with Crippen LogP contribution in [0.25, 0.3) is 0 Å². The summed E-state index contributed by atoms with van der Waals surface area (Å²) in [6, 6.07) is 20.0. The number of piperidine rings is 1. The summed E-state index contributed by atoms with van der Waals surface area (Å²) in [5, 5.41) is 14.6. The largest absolute Gasteiger partial charge is 0.465 e. The normalized spacial score (nSPS) is 19.0. The van der Waals surface area contributed by atoms with Crippen LogP contribution in [0.5, 0.6) is 0 Å². The average Bonchev–Trinajstić information content (AvgIpc) is 2.81. The van der Waals surface area contributed by atoms with Gasteiger partial charge in [-0.1, -0.05) is 81.4 Å². The van der Waals surface area contributed by atoms with Crippen LogP contribution in [0.15, 0.2) is 60.7 Å². The van der Waals surface area contributed by atoms with Gasteiger partial charge in [0.25, 0.3) is 8.32 Å². The van der Waals surface area contributed by atoms with Crippen molar-refractivity contribution in [3.8, 4) is 0 Å². The molecule has 8 heteroatoms. The van der Waals surface area contributed by atoms with Crippen LogP contribution in [0.1, 0.15) is 40.0 Å². The Morgan fingerprint density at radius 2 is 1.65 bits per heavy atom. The number of carboxylic acid groups (broad SMARTS) is 1. The van der Waals surface area contributed by atoms with Crippen LogP contribution >= 0.6 is 0 Å². The summed E-state index contributed by atoms with van der Waals surface area (Å²) in [7, 11) is -2.61. The first-order chi connectivity index (χ1) is 16.2. The molecule has 0 bridgehead atoms. The molecule has 2 amide bonds. The van der Waals surface area contributed by atoms with E-state index in [1.165, 1.54) is 15.3 Å². The molecule has 1 saturated heterocycles. The zero-order valence-corrected chi connectivity index (χ0v) is 21.4. The minimum atomic E-state index is -2.61. The quantitative estimate of drug-likeness (QED) is 0.395. The Balaban J connectivity index is 1.69. The van der Waals surface area contributed by atoms with Crippen LogP contribution in [-0.2, 0) is 9.22 Å². The molecular weight excluding hydrogens is 446 g/mol. The third-order valence-corrected chi connectivity index (χ3v) is 11.6. The Hall–Kier alpha value is -2.68. The fraction of sp³-hybridized carbons (Fsp3) is 0.462. The Bertz CT molecular complexity index is 910. The lowest BCUT2D eigenvalue weighted by molar-refractivity contribution is -0.127. The van der Waals surface area contributed by atoms with Gasteiger partial charge in [-0.15, -0.1) is 0 Å². The van der Waals surface area contributed by atoms with E-state index in [1.54, 1.807) is 0 Å². The van der Waals surface area contributed by atoms with E-state index < -0.39 is 20.5 Å². The zero-order valence-electron chi connectivity index (χ0n) is 20.4. The molecule has 1 fully saturated rings. The average molecular weight is 484 g/mol. The Morgan fingerprint density at radius 3 is 2.15 bits per heavy atom. The number of nitrogens with one attached hydrogen (secondary N) is 1. The summed E-state index contributed by atoms with van der Waals surface area (Å²) in [5.41, 5.74) is 5.99. The molecule has 34 heavy (non-hydrogen) atoms. The van der Waals surface area contributed by atoms with Gasteiger partial charge < -0.3 is 20.6 Å². The van der Waals surface area contributed by atoms with Crippen molar-refractivity contribution in [3.05, 3.63) is 60.7 Å². The maximum atomic E-state index is 12.7. The molecule has 0 spiro atoms. The Labute approximate surface area is 203 Å². The molecule has 2 aromatic carbocycles. The molecule has 1 aliphatic rings. The van der Waals surface area contributed by atoms with Crippen molar-refractivity contribution in [2.75, 3.05) is 19.7 Å². The molecule has 2 aromatic rings. The number of hydrogen-bond donors (Lipinski definition) is 3. The van der Waals surface area contributed by atoms with E-state index >= 15 is 0 Å². The molecule has 1 heterocycles. The first-order valence-corrected chi connectivity index (χ1v) is 13.9. The van der Waals surface area contributed by atoms with E-state index in [0.29, 0.717) is 32.4 Å². The summed E-state index contributed by atoms with van der Waals surface area (Å²) in [6.45, 7) is 7.87. The fourth-order valence-electron chi connectivity index (χ4n) is 4.86. The fourth-order valence-corrected chi connectivity index (χ4v) is 9.46. The number of carbonyl (C=O) groups excluding carboxylic acids is 1. The number of carbonyl (C=O) groups is 2. The van der Waals surface area contributed by atoms with Crippen LogP contribution < -0.4 is 21.4 Å². The van der Waals surface area contributed by atoms with Gasteiger partial charge in [-0.2, -0.15) is 0 Å². The molecule has 1 aliphatic heterocycles. The smallest absolute Gasteiger partial charge is 0.407 e. The first kappa shape index (κ1) is 25.9. The second kappa shape index (κ2) is 11.2. The number of amides is 2. The second-order valence-corrected chi connectivity index (χ2v) is 14.2. The SMILES string of the molecule is CC(C)(C)[Si](OCCCNC(=O)C1CC(N)CCN1C(=O)O)(c1ccccc1)c1ccccc1. The topological polar surface area (TPSA) is 105 Å². The van der Waals surface area contributed by atoms with Gasteiger partial charge in [0.05, 0.1) is 0 Å². The standard InChI is InChI=1S/C26H37N3O4Si/c1-26(2,3)34(21-11-6-4-7-12-21,22-13-8-5-9-14-22)33-18-10-16-28-24(30)23-19-20(27)15-17-29(23)25(31)32/h4-9,11-14,20,23H,10,15-19,27H2,1-3H3,(H,28,30)(H,31,32). The van der Waals surface area contributed by atoms with E-state index in [-0.39, 0.29) is 23.5 Å². The molecular formula is C26H37N3O4Si. The lowest BCUT2D eigenvalue weighted by Gasteiger charge is -2.43. The van der Waals surface area contributed by atoms with Gasteiger partial charge in [0.15, 0.2) is 0 Å². The molecule has 0 aromatic heterocycles. The highest BCUT2D eigenvalue weighted by Gasteiger charge is 2.50. The van der Waals surface area contributed by atoms with E-state index in [9.17, 15) is 14.7 Å². The van der Waals surface area contributed by atoms with Crippen LogP contribution in [0.3, 0.4) is 0 Å². The number of nitrogens with two attached hydrogens (primary N) is 1. The van der Waals surface area contributed by atoms with Gasteiger partial charge in [-0.05, 0) is 34.7 Å². The van der Waals surface area contributed by atoms with Gasteiger partial charge in [0.2, 0.25) is 5.91 Å². The van der Waals surface area contributed by atoms with Crippen LogP contribution in [0.2, 0.25) is 5.04 Å². The van der Waals surface area contributed by atoms with Crippen LogP contribution in [-0.4, -0.2) is 62.1 Å². The highest BCUT2D eigenvalue weighted by molar-refractivity contribution is 6.99. The monoisotopic (exact) mass is 483 g/mol. The van der Waals surface area contributed by atoms with Crippen molar-refractivity contribution < 1.29 is 19.1 Å². The highest BCUT2D eigenvalue weighted by atomic mass is 28.4. The van der Waals surface area contributed by atoms with E-state index in [1.807, 2.05) is 12.1 Å². The van der Waals surface area contributed by atoms with E-state index in [0.717, 1.165) is 0 Å². The van der Waals surface area contributed by atoms with Gasteiger partial charge in [0, 0.05) is 25.7 Å². The predicted octanol–water partition coefficient (Wildman–Crippen LogP) is 2.54. The molecule has 7 nitrogen and oxygen atoms in total. The van der Waals surface area contributed by atoms with E-state index in [4.69, 9.17) is 10.2 Å². The van der Waals surface area contributed by atoms with Crippen molar-refractivity contribution in [2.24, 2.45) is 5.73 Å². The zero-order chi connectivity index (χ0) is 24.8. The Morgan fingerprint density at radius 1 is 1.09 bits per heavy atom. The number of rotatable bonds is 8. The van der Waals surface area contributed by atoms with Gasteiger partial charge in [-0.3, -0.25) is 9.69 Å². The number of hydrogen-bond acceptors (Lipinski definition) is 4. The van der Waals surface area contributed by atoms with Crippen LogP contribution in [0, 0.1) is 0 Å². The summed E-state index contributed by atoms with van der Waals surface area (Å²) >= 11 is 0. The highest BCUT2D eigenvalue weighted by Crippen LogP contribution is 2.36. The van der Waals surface area contributed by atoms with Crippen molar-refractivity contribution in [3.63, 3.8) is 0 Å². The molecule has 0 radical (unpaired) electrons. The lowest BCUT2D eigenvalue weighted by Crippen LogP contribution is -2.66. The predicted molar refractivity (Wildman–Crippen MR) is 137 cm³/mol. The third-order valence-electron chi connectivity index (χ3n) is 6.55. The Kier molecular flexibility index (Phi) is 8.51. The molecule has 0 aliphatic carbocycles. The van der Waals surface area contributed by atoms with Crippen molar-refractivity contribution in [1.29, 1.82) is 0 Å². The number of likely N-dealkylation sites (tertiary alicyclic amines) is 1. The summed E-state index contributed by atoms with van der Waals surface area (Å²) in [5.74, 6) is -0.289. The van der Waals surface area contributed by atoms with Crippen molar-refractivity contribution in [2.45, 2.75) is 57.2 Å². The summed E-state index contributed by atoms with van der Waals surface area (Å²) < 4.78 is 6.83. The van der Waals surface area contributed by atoms with Gasteiger partial charge in [-0.25, -0.2) is 4.79 Å². The van der Waals surface area contributed by atoms with E-state index in [2.05, 4.69) is 74.6 Å². The molecule has 4 N–H and O–H groups in total. The van der Waals surface area contributed by atoms with Crippen molar-refractivity contribution in [1.82, 2.24) is 10.2 Å². The minimum Gasteiger partial charge on any atom is -0.465 e. The minimum absolute atomic E-state index is 0.112. The summed E-state index contributed by atoms with van der Waals surface area (Å²) in [4.78, 5) is 25.4. The molecule has 0 saturated carbocycles.